The average Bonchev–Trinajstić information content (AvgIpc) is 2.55. The molecule has 0 radical (unpaired) electrons. The van der Waals surface area contributed by atoms with Gasteiger partial charge in [0.15, 0.2) is 0 Å². The lowest BCUT2D eigenvalue weighted by atomic mass is 10.0. The minimum atomic E-state index is -0.0821. The second-order valence-corrected chi connectivity index (χ2v) is 6.22. The lowest BCUT2D eigenvalue weighted by Crippen LogP contribution is -2.45. The average molecular weight is 333 g/mol. The van der Waals surface area contributed by atoms with E-state index in [-0.39, 0.29) is 11.6 Å². The molecule has 1 aliphatic rings. The summed E-state index contributed by atoms with van der Waals surface area (Å²) in [4.78, 5) is 21.5. The first-order chi connectivity index (χ1) is 11.2. The Morgan fingerprint density at radius 1 is 1.39 bits per heavy atom. The maximum absolute atomic E-state index is 11.8. The zero-order chi connectivity index (χ0) is 16.2. The molecule has 1 unspecified atom stereocenters. The van der Waals surface area contributed by atoms with Gasteiger partial charge in [0, 0.05) is 42.5 Å². The number of benzene rings is 1. The van der Waals surface area contributed by atoms with Crippen molar-refractivity contribution in [2.75, 3.05) is 19.6 Å². The zero-order valence-corrected chi connectivity index (χ0v) is 13.9. The quantitative estimate of drug-likeness (QED) is 0.900. The van der Waals surface area contributed by atoms with Gasteiger partial charge >= 0.3 is 0 Å². The van der Waals surface area contributed by atoms with Gasteiger partial charge < -0.3 is 10.3 Å². The number of aromatic nitrogens is 2. The largest absolute Gasteiger partial charge is 0.314 e. The van der Waals surface area contributed by atoms with Crippen molar-refractivity contribution in [1.82, 2.24) is 20.2 Å². The Morgan fingerprint density at radius 2 is 2.26 bits per heavy atom. The number of rotatable bonds is 4. The second kappa shape index (κ2) is 7.25. The summed E-state index contributed by atoms with van der Waals surface area (Å²) in [5, 5.41) is 4.17. The summed E-state index contributed by atoms with van der Waals surface area (Å²) < 4.78 is 0. The Bertz CT molecular complexity index is 731. The molecular weight excluding hydrogens is 312 g/mol. The summed E-state index contributed by atoms with van der Waals surface area (Å²) in [5.41, 5.74) is 1.93. The van der Waals surface area contributed by atoms with Gasteiger partial charge in [-0.3, -0.25) is 9.69 Å². The molecule has 2 aromatic rings. The Morgan fingerprint density at radius 3 is 3.04 bits per heavy atom. The summed E-state index contributed by atoms with van der Waals surface area (Å²) in [5.74, 6) is 0.725. The van der Waals surface area contributed by atoms with Crippen LogP contribution in [-0.2, 0) is 13.0 Å². The van der Waals surface area contributed by atoms with Crippen LogP contribution in [0.3, 0.4) is 0 Å². The van der Waals surface area contributed by atoms with Crippen LogP contribution < -0.4 is 10.9 Å². The van der Waals surface area contributed by atoms with Crippen LogP contribution >= 0.6 is 11.6 Å². The van der Waals surface area contributed by atoms with Crippen molar-refractivity contribution in [1.29, 1.82) is 0 Å². The third-order valence-corrected chi connectivity index (χ3v) is 4.38. The fraction of sp³-hybridized carbons (Fsp3) is 0.412. The number of aromatic amines is 1. The van der Waals surface area contributed by atoms with Gasteiger partial charge in [-0.1, -0.05) is 30.7 Å². The molecule has 3 rings (SSSR count). The third kappa shape index (κ3) is 3.99. The predicted octanol–water partition coefficient (Wildman–Crippen LogP) is 2.13. The van der Waals surface area contributed by atoms with E-state index in [4.69, 9.17) is 11.6 Å². The molecule has 2 N–H and O–H groups in total. The molecule has 23 heavy (non-hydrogen) atoms. The standard InChI is InChI=1S/C17H21ClN4O/c1-2-14-9-17(23)21-16(20-14)11-22-7-6-19-10-15(22)12-4-3-5-13(18)8-12/h3-5,8-9,15,19H,2,6-7,10-11H2,1H3,(H,20,21,23). The van der Waals surface area contributed by atoms with Crippen molar-refractivity contribution in [3.05, 3.63) is 62.8 Å². The van der Waals surface area contributed by atoms with E-state index in [1.807, 2.05) is 25.1 Å². The predicted molar refractivity (Wildman–Crippen MR) is 91.7 cm³/mol. The van der Waals surface area contributed by atoms with Crippen molar-refractivity contribution in [2.24, 2.45) is 0 Å². The molecule has 1 saturated heterocycles. The summed E-state index contributed by atoms with van der Waals surface area (Å²) >= 11 is 6.13. The first kappa shape index (κ1) is 16.2. The maximum atomic E-state index is 11.8. The van der Waals surface area contributed by atoms with Crippen LogP contribution in [0.2, 0.25) is 5.02 Å². The van der Waals surface area contributed by atoms with Crippen molar-refractivity contribution in [2.45, 2.75) is 25.9 Å². The van der Waals surface area contributed by atoms with Gasteiger partial charge in [0.2, 0.25) is 0 Å². The molecule has 1 aliphatic heterocycles. The molecule has 0 saturated carbocycles. The highest BCUT2D eigenvalue weighted by molar-refractivity contribution is 6.30. The fourth-order valence-corrected chi connectivity index (χ4v) is 3.19. The molecule has 5 nitrogen and oxygen atoms in total. The number of piperazine rings is 1. The highest BCUT2D eigenvalue weighted by Crippen LogP contribution is 2.25. The molecule has 1 aromatic heterocycles. The highest BCUT2D eigenvalue weighted by Gasteiger charge is 2.24. The van der Waals surface area contributed by atoms with E-state index in [0.717, 1.165) is 42.6 Å². The summed E-state index contributed by atoms with van der Waals surface area (Å²) in [6.45, 7) is 5.32. The van der Waals surface area contributed by atoms with E-state index in [9.17, 15) is 4.79 Å². The van der Waals surface area contributed by atoms with E-state index >= 15 is 0 Å². The van der Waals surface area contributed by atoms with Gasteiger partial charge in [-0.25, -0.2) is 4.98 Å². The normalized spacial score (nSPS) is 19.0. The molecule has 6 heteroatoms. The van der Waals surface area contributed by atoms with Crippen molar-refractivity contribution >= 4 is 11.6 Å². The van der Waals surface area contributed by atoms with Gasteiger partial charge in [0.25, 0.3) is 5.56 Å². The fourth-order valence-electron chi connectivity index (χ4n) is 2.99. The number of nitrogens with zero attached hydrogens (tertiary/aromatic N) is 2. The molecular formula is C17H21ClN4O. The van der Waals surface area contributed by atoms with Crippen molar-refractivity contribution in [3.63, 3.8) is 0 Å². The molecule has 0 spiro atoms. The molecule has 2 heterocycles. The van der Waals surface area contributed by atoms with E-state index in [0.29, 0.717) is 6.54 Å². The van der Waals surface area contributed by atoms with Gasteiger partial charge in [0.1, 0.15) is 5.82 Å². The SMILES string of the molecule is CCc1cc(=O)[nH]c(CN2CCNCC2c2cccc(Cl)c2)n1. The van der Waals surface area contributed by atoms with Crippen molar-refractivity contribution < 1.29 is 0 Å². The van der Waals surface area contributed by atoms with Crippen LogP contribution in [-0.4, -0.2) is 34.5 Å². The van der Waals surface area contributed by atoms with Crippen LogP contribution in [0.4, 0.5) is 0 Å². The van der Waals surface area contributed by atoms with Crippen LogP contribution in [0, 0.1) is 0 Å². The van der Waals surface area contributed by atoms with Gasteiger partial charge in [0.05, 0.1) is 6.54 Å². The Kier molecular flexibility index (Phi) is 5.10. The van der Waals surface area contributed by atoms with Crippen LogP contribution in [0.15, 0.2) is 35.1 Å². The Labute approximate surface area is 140 Å². The first-order valence-electron chi connectivity index (χ1n) is 7.95. The van der Waals surface area contributed by atoms with Crippen molar-refractivity contribution in [3.8, 4) is 0 Å². The van der Waals surface area contributed by atoms with E-state index in [1.165, 1.54) is 5.56 Å². The molecule has 1 fully saturated rings. The molecule has 0 aliphatic carbocycles. The number of hydrogen-bond acceptors (Lipinski definition) is 4. The Hall–Kier alpha value is -1.69. The number of halogens is 1. The lowest BCUT2D eigenvalue weighted by Gasteiger charge is -2.36. The first-order valence-corrected chi connectivity index (χ1v) is 8.33. The van der Waals surface area contributed by atoms with Gasteiger partial charge in [-0.15, -0.1) is 0 Å². The monoisotopic (exact) mass is 332 g/mol. The number of hydrogen-bond donors (Lipinski definition) is 2. The number of nitrogens with one attached hydrogen (secondary N) is 2. The Balaban J connectivity index is 1.84. The molecule has 1 atom stereocenters. The van der Waals surface area contributed by atoms with Crippen LogP contribution in [0.25, 0.3) is 0 Å². The third-order valence-electron chi connectivity index (χ3n) is 4.15. The summed E-state index contributed by atoms with van der Waals surface area (Å²) in [6, 6.07) is 9.74. The molecule has 1 aromatic carbocycles. The number of aryl methyl sites for hydroxylation is 1. The molecule has 0 bridgehead atoms. The summed E-state index contributed by atoms with van der Waals surface area (Å²) in [7, 11) is 0. The van der Waals surface area contributed by atoms with Gasteiger partial charge in [-0.2, -0.15) is 0 Å². The van der Waals surface area contributed by atoms with Crippen LogP contribution in [0.5, 0.6) is 0 Å². The maximum Gasteiger partial charge on any atom is 0.251 e. The highest BCUT2D eigenvalue weighted by atomic mass is 35.5. The topological polar surface area (TPSA) is 61.0 Å². The van der Waals surface area contributed by atoms with E-state index < -0.39 is 0 Å². The molecule has 0 amide bonds. The minimum Gasteiger partial charge on any atom is -0.314 e. The van der Waals surface area contributed by atoms with E-state index in [2.05, 4.69) is 26.3 Å². The molecule has 122 valence electrons. The minimum absolute atomic E-state index is 0.0821. The number of H-pyrrole nitrogens is 1. The lowest BCUT2D eigenvalue weighted by molar-refractivity contribution is 0.149. The zero-order valence-electron chi connectivity index (χ0n) is 13.2. The van der Waals surface area contributed by atoms with Crippen LogP contribution in [0.1, 0.15) is 30.0 Å². The smallest absolute Gasteiger partial charge is 0.251 e. The second-order valence-electron chi connectivity index (χ2n) is 5.78. The van der Waals surface area contributed by atoms with Gasteiger partial charge in [-0.05, 0) is 24.1 Å². The summed E-state index contributed by atoms with van der Waals surface area (Å²) in [6.07, 6.45) is 0.760. The van der Waals surface area contributed by atoms with E-state index in [1.54, 1.807) is 6.07 Å².